The number of nitrogens with two attached hydrogens (primary N) is 1. The molecule has 0 aliphatic rings. The third-order valence-electron chi connectivity index (χ3n) is 3.07. The number of hydrogen-bond acceptors (Lipinski definition) is 3. The first-order chi connectivity index (χ1) is 7.74. The van der Waals surface area contributed by atoms with Crippen molar-refractivity contribution in [2.75, 3.05) is 19.6 Å². The second kappa shape index (κ2) is 7.05. The number of likely N-dealkylation sites (N-methyl/N-ethyl adjacent to an activating group) is 1. The van der Waals surface area contributed by atoms with Crippen LogP contribution >= 0.6 is 11.3 Å². The van der Waals surface area contributed by atoms with Gasteiger partial charge in [0, 0.05) is 11.4 Å². The summed E-state index contributed by atoms with van der Waals surface area (Å²) in [6.07, 6.45) is 2.51. The summed E-state index contributed by atoms with van der Waals surface area (Å²) in [6, 6.07) is 2.60. The van der Waals surface area contributed by atoms with Crippen LogP contribution in [-0.4, -0.2) is 24.5 Å². The lowest BCUT2D eigenvalue weighted by Gasteiger charge is -2.29. The minimum Gasteiger partial charge on any atom is -0.329 e. The van der Waals surface area contributed by atoms with Crippen molar-refractivity contribution in [1.82, 2.24) is 4.90 Å². The second-order valence-corrected chi connectivity index (χ2v) is 5.15. The van der Waals surface area contributed by atoms with E-state index in [1.165, 1.54) is 23.3 Å². The fourth-order valence-electron chi connectivity index (χ4n) is 2.04. The summed E-state index contributed by atoms with van der Waals surface area (Å²) in [4.78, 5) is 3.95. The molecular weight excluding hydrogens is 216 g/mol. The van der Waals surface area contributed by atoms with Gasteiger partial charge in [0.2, 0.25) is 0 Å². The molecule has 0 fully saturated rings. The number of nitrogens with zero attached hydrogens (tertiary/aromatic N) is 1. The predicted octanol–water partition coefficient (Wildman–Crippen LogP) is 3.18. The summed E-state index contributed by atoms with van der Waals surface area (Å²) in [5.41, 5.74) is 7.33. The topological polar surface area (TPSA) is 29.3 Å². The van der Waals surface area contributed by atoms with Crippen molar-refractivity contribution in [3.63, 3.8) is 0 Å². The van der Waals surface area contributed by atoms with Crippen LogP contribution in [0.4, 0.5) is 0 Å². The van der Waals surface area contributed by atoms with Gasteiger partial charge in [-0.05, 0) is 43.4 Å². The van der Waals surface area contributed by atoms with E-state index in [0.717, 1.165) is 19.6 Å². The maximum Gasteiger partial charge on any atom is 0.0566 e. The van der Waals surface area contributed by atoms with E-state index in [2.05, 4.69) is 37.1 Å². The Bertz CT molecular complexity index is 296. The van der Waals surface area contributed by atoms with E-state index in [0.29, 0.717) is 6.04 Å². The molecule has 16 heavy (non-hydrogen) atoms. The van der Waals surface area contributed by atoms with Crippen LogP contribution in [0, 0.1) is 6.92 Å². The molecule has 0 aliphatic carbocycles. The highest BCUT2D eigenvalue weighted by atomic mass is 32.1. The van der Waals surface area contributed by atoms with E-state index in [9.17, 15) is 0 Å². The van der Waals surface area contributed by atoms with Crippen LogP contribution in [0.15, 0.2) is 11.4 Å². The van der Waals surface area contributed by atoms with Crippen LogP contribution in [0.2, 0.25) is 0 Å². The number of unbranched alkanes of at least 4 members (excludes halogenated alkanes) is 1. The molecule has 0 spiro atoms. The highest BCUT2D eigenvalue weighted by molar-refractivity contribution is 7.10. The van der Waals surface area contributed by atoms with Crippen LogP contribution in [0.1, 0.15) is 43.2 Å². The number of rotatable bonds is 7. The van der Waals surface area contributed by atoms with E-state index in [-0.39, 0.29) is 0 Å². The van der Waals surface area contributed by atoms with Gasteiger partial charge in [0.15, 0.2) is 0 Å². The lowest BCUT2D eigenvalue weighted by molar-refractivity contribution is 0.211. The van der Waals surface area contributed by atoms with Gasteiger partial charge in [0.25, 0.3) is 0 Å². The molecular formula is C13H24N2S. The van der Waals surface area contributed by atoms with Crippen LogP contribution < -0.4 is 5.73 Å². The maximum absolute atomic E-state index is 5.95. The zero-order valence-corrected chi connectivity index (χ0v) is 11.5. The maximum atomic E-state index is 5.95. The molecule has 0 bridgehead atoms. The lowest BCUT2D eigenvalue weighted by Crippen LogP contribution is -2.34. The lowest BCUT2D eigenvalue weighted by atomic mass is 10.1. The number of hydrogen-bond donors (Lipinski definition) is 1. The highest BCUT2D eigenvalue weighted by Crippen LogP contribution is 2.28. The third kappa shape index (κ3) is 3.30. The Morgan fingerprint density at radius 3 is 2.62 bits per heavy atom. The van der Waals surface area contributed by atoms with Gasteiger partial charge in [-0.3, -0.25) is 4.90 Å². The molecule has 1 aromatic heterocycles. The Hall–Kier alpha value is -0.380. The zero-order valence-electron chi connectivity index (χ0n) is 10.7. The Morgan fingerprint density at radius 2 is 2.19 bits per heavy atom. The quantitative estimate of drug-likeness (QED) is 0.793. The van der Waals surface area contributed by atoms with E-state index >= 15 is 0 Å². The van der Waals surface area contributed by atoms with E-state index in [1.807, 2.05) is 11.3 Å². The molecule has 1 rings (SSSR count). The Labute approximate surface area is 103 Å². The van der Waals surface area contributed by atoms with E-state index in [4.69, 9.17) is 5.73 Å². The van der Waals surface area contributed by atoms with Gasteiger partial charge < -0.3 is 5.73 Å². The first-order valence-corrected chi connectivity index (χ1v) is 7.10. The molecule has 1 aromatic rings. The average molecular weight is 240 g/mol. The molecule has 2 N–H and O–H groups in total. The number of aryl methyl sites for hydroxylation is 1. The van der Waals surface area contributed by atoms with Crippen molar-refractivity contribution in [2.24, 2.45) is 5.73 Å². The fraction of sp³-hybridized carbons (Fsp3) is 0.692. The van der Waals surface area contributed by atoms with Crippen LogP contribution in [0.25, 0.3) is 0 Å². The fourth-order valence-corrected chi connectivity index (χ4v) is 3.12. The molecule has 3 heteroatoms. The van der Waals surface area contributed by atoms with Crippen molar-refractivity contribution in [3.8, 4) is 0 Å². The van der Waals surface area contributed by atoms with Crippen molar-refractivity contribution < 1.29 is 0 Å². The van der Waals surface area contributed by atoms with E-state index in [1.54, 1.807) is 0 Å². The van der Waals surface area contributed by atoms with Crippen molar-refractivity contribution in [3.05, 3.63) is 21.9 Å². The first kappa shape index (κ1) is 13.7. The summed E-state index contributed by atoms with van der Waals surface area (Å²) >= 11 is 1.84. The third-order valence-corrected chi connectivity index (χ3v) is 4.19. The molecule has 1 unspecified atom stereocenters. The second-order valence-electron chi connectivity index (χ2n) is 4.20. The SMILES string of the molecule is CCCCN(CC)C(CN)c1sccc1C. The molecule has 0 saturated carbocycles. The summed E-state index contributed by atoms with van der Waals surface area (Å²) in [5.74, 6) is 0. The van der Waals surface area contributed by atoms with Gasteiger partial charge >= 0.3 is 0 Å². The monoisotopic (exact) mass is 240 g/mol. The zero-order chi connectivity index (χ0) is 12.0. The number of thiophene rings is 1. The van der Waals surface area contributed by atoms with Crippen molar-refractivity contribution in [1.29, 1.82) is 0 Å². The van der Waals surface area contributed by atoms with Crippen molar-refractivity contribution >= 4 is 11.3 Å². The Kier molecular flexibility index (Phi) is 6.03. The molecule has 0 saturated heterocycles. The standard InChI is InChI=1S/C13H24N2S/c1-4-6-8-15(5-2)12(10-14)13-11(3)7-9-16-13/h7,9,12H,4-6,8,10,14H2,1-3H3. The van der Waals surface area contributed by atoms with Gasteiger partial charge in [-0.2, -0.15) is 0 Å². The van der Waals surface area contributed by atoms with Gasteiger partial charge in [0.1, 0.15) is 0 Å². The van der Waals surface area contributed by atoms with Gasteiger partial charge in [-0.15, -0.1) is 11.3 Å². The largest absolute Gasteiger partial charge is 0.329 e. The molecule has 1 heterocycles. The highest BCUT2D eigenvalue weighted by Gasteiger charge is 2.19. The van der Waals surface area contributed by atoms with Gasteiger partial charge in [-0.1, -0.05) is 20.3 Å². The van der Waals surface area contributed by atoms with Crippen LogP contribution in [-0.2, 0) is 0 Å². The van der Waals surface area contributed by atoms with E-state index < -0.39 is 0 Å². The predicted molar refractivity (Wildman–Crippen MR) is 73.0 cm³/mol. The van der Waals surface area contributed by atoms with Crippen molar-refractivity contribution in [2.45, 2.75) is 39.7 Å². The summed E-state index contributed by atoms with van der Waals surface area (Å²) in [7, 11) is 0. The van der Waals surface area contributed by atoms with Gasteiger partial charge in [0.05, 0.1) is 6.04 Å². The molecule has 1 atom stereocenters. The molecule has 0 radical (unpaired) electrons. The summed E-state index contributed by atoms with van der Waals surface area (Å²) in [5, 5.41) is 2.17. The van der Waals surface area contributed by atoms with Crippen LogP contribution in [0.3, 0.4) is 0 Å². The smallest absolute Gasteiger partial charge is 0.0566 e. The minimum absolute atomic E-state index is 0.413. The average Bonchev–Trinajstić information content (AvgIpc) is 2.71. The normalized spacial score (nSPS) is 13.3. The minimum atomic E-state index is 0.413. The molecule has 2 nitrogen and oxygen atoms in total. The first-order valence-electron chi connectivity index (χ1n) is 6.22. The van der Waals surface area contributed by atoms with Crippen LogP contribution in [0.5, 0.6) is 0 Å². The molecule has 0 aliphatic heterocycles. The summed E-state index contributed by atoms with van der Waals surface area (Å²) < 4.78 is 0. The molecule has 92 valence electrons. The summed E-state index contributed by atoms with van der Waals surface area (Å²) in [6.45, 7) is 9.61. The molecule has 0 amide bonds. The molecule has 0 aromatic carbocycles. The van der Waals surface area contributed by atoms with Gasteiger partial charge in [-0.25, -0.2) is 0 Å². The Balaban J connectivity index is 2.75. The Morgan fingerprint density at radius 1 is 1.44 bits per heavy atom.